The van der Waals surface area contributed by atoms with Gasteiger partial charge in [-0.25, -0.2) is 4.98 Å². The lowest BCUT2D eigenvalue weighted by atomic mass is 9.83. The van der Waals surface area contributed by atoms with E-state index < -0.39 is 0 Å². The first-order valence-electron chi connectivity index (χ1n) is 7.20. The van der Waals surface area contributed by atoms with E-state index in [4.69, 9.17) is 0 Å². The monoisotopic (exact) mass is 233 g/mol. The number of imidazole rings is 1. The number of hydrogen-bond acceptors (Lipinski definition) is 2. The third-order valence-corrected chi connectivity index (χ3v) is 4.45. The number of nitrogens with one attached hydrogen (secondary N) is 1. The molecule has 0 amide bonds. The maximum atomic E-state index is 4.45. The molecule has 0 radical (unpaired) electrons. The molecule has 0 atom stereocenters. The van der Waals surface area contributed by atoms with Crippen molar-refractivity contribution in [1.29, 1.82) is 0 Å². The van der Waals surface area contributed by atoms with Gasteiger partial charge in [-0.05, 0) is 25.2 Å². The fourth-order valence-electron chi connectivity index (χ4n) is 3.10. The highest BCUT2D eigenvalue weighted by Crippen LogP contribution is 2.32. The molecule has 2 aliphatic rings. The van der Waals surface area contributed by atoms with E-state index in [0.29, 0.717) is 6.04 Å². The molecule has 3 nitrogen and oxygen atoms in total. The lowest BCUT2D eigenvalue weighted by Gasteiger charge is -2.25. The van der Waals surface area contributed by atoms with Gasteiger partial charge in [0.25, 0.3) is 0 Å². The van der Waals surface area contributed by atoms with Gasteiger partial charge in [-0.1, -0.05) is 32.1 Å². The summed E-state index contributed by atoms with van der Waals surface area (Å²) < 4.78 is 2.35. The molecule has 1 heterocycles. The summed E-state index contributed by atoms with van der Waals surface area (Å²) in [6, 6.07) is 0.698. The number of rotatable bonds is 5. The number of hydrogen-bond donors (Lipinski definition) is 1. The van der Waals surface area contributed by atoms with Crippen molar-refractivity contribution in [3.63, 3.8) is 0 Å². The van der Waals surface area contributed by atoms with Gasteiger partial charge in [-0.2, -0.15) is 0 Å². The second-order valence-corrected chi connectivity index (χ2v) is 5.61. The highest BCUT2D eigenvalue weighted by atomic mass is 15.2. The molecular weight excluding hydrogens is 210 g/mol. The van der Waals surface area contributed by atoms with Gasteiger partial charge in [-0.15, -0.1) is 0 Å². The summed E-state index contributed by atoms with van der Waals surface area (Å²) in [4.78, 5) is 4.45. The van der Waals surface area contributed by atoms with E-state index in [0.717, 1.165) is 18.4 Å². The van der Waals surface area contributed by atoms with Crippen LogP contribution in [0.5, 0.6) is 0 Å². The molecule has 0 bridgehead atoms. The zero-order chi connectivity index (χ0) is 11.5. The highest BCUT2D eigenvalue weighted by molar-refractivity contribution is 5.26. The third-order valence-electron chi connectivity index (χ3n) is 4.45. The lowest BCUT2D eigenvalue weighted by Crippen LogP contribution is -2.17. The smallest absolute Gasteiger partial charge is 0.203 e. The first kappa shape index (κ1) is 11.1. The van der Waals surface area contributed by atoms with Crippen LogP contribution in [0.4, 0.5) is 5.95 Å². The first-order valence-corrected chi connectivity index (χ1v) is 7.20. The van der Waals surface area contributed by atoms with Gasteiger partial charge in [0.1, 0.15) is 0 Å². The van der Waals surface area contributed by atoms with E-state index in [9.17, 15) is 0 Å². The zero-order valence-electron chi connectivity index (χ0n) is 10.6. The molecule has 94 valence electrons. The molecule has 0 aromatic carbocycles. The summed E-state index contributed by atoms with van der Waals surface area (Å²) in [6.07, 6.45) is 15.1. The van der Waals surface area contributed by atoms with Gasteiger partial charge in [0.05, 0.1) is 0 Å². The van der Waals surface area contributed by atoms with Crippen LogP contribution in [-0.4, -0.2) is 16.1 Å². The van der Waals surface area contributed by atoms with Crippen LogP contribution < -0.4 is 5.32 Å². The molecule has 1 aromatic rings. The van der Waals surface area contributed by atoms with Gasteiger partial charge in [0.15, 0.2) is 0 Å². The summed E-state index contributed by atoms with van der Waals surface area (Å²) in [5, 5.41) is 3.52. The van der Waals surface area contributed by atoms with Gasteiger partial charge in [0, 0.05) is 25.0 Å². The van der Waals surface area contributed by atoms with E-state index in [1.165, 1.54) is 51.4 Å². The number of nitrogens with zero attached hydrogens (tertiary/aromatic N) is 2. The average molecular weight is 233 g/mol. The Labute approximate surface area is 104 Å². The maximum Gasteiger partial charge on any atom is 0.203 e. The Hall–Kier alpha value is -0.990. The Morgan fingerprint density at radius 3 is 2.71 bits per heavy atom. The van der Waals surface area contributed by atoms with Crippen molar-refractivity contribution in [1.82, 2.24) is 9.55 Å². The zero-order valence-corrected chi connectivity index (χ0v) is 10.6. The summed E-state index contributed by atoms with van der Waals surface area (Å²) in [5.41, 5.74) is 0. The van der Waals surface area contributed by atoms with Gasteiger partial charge < -0.3 is 9.88 Å². The molecule has 3 rings (SSSR count). The van der Waals surface area contributed by atoms with E-state index in [-0.39, 0.29) is 0 Å². The van der Waals surface area contributed by atoms with Gasteiger partial charge >= 0.3 is 0 Å². The van der Waals surface area contributed by atoms with Gasteiger partial charge in [0.2, 0.25) is 5.95 Å². The molecule has 1 N–H and O–H groups in total. The Kier molecular flexibility index (Phi) is 3.34. The normalized spacial score (nSPS) is 21.6. The van der Waals surface area contributed by atoms with Crippen LogP contribution in [0.3, 0.4) is 0 Å². The van der Waals surface area contributed by atoms with E-state index in [1.54, 1.807) is 0 Å². The molecule has 3 heteroatoms. The minimum absolute atomic E-state index is 0.698. The maximum absolute atomic E-state index is 4.45. The standard InChI is InChI=1S/C14H23N3/c1-2-7-13(6-1)17-11-10-16-14(17)15-9-8-12-4-3-5-12/h10-13H,1-9H2,(H,15,16). The molecule has 2 fully saturated rings. The average Bonchev–Trinajstić information content (AvgIpc) is 2.91. The van der Waals surface area contributed by atoms with Crippen molar-refractivity contribution in [3.8, 4) is 0 Å². The highest BCUT2D eigenvalue weighted by Gasteiger charge is 2.20. The van der Waals surface area contributed by atoms with E-state index >= 15 is 0 Å². The minimum atomic E-state index is 0.698. The lowest BCUT2D eigenvalue weighted by molar-refractivity contribution is 0.302. The van der Waals surface area contributed by atoms with Crippen LogP contribution in [0.1, 0.15) is 57.4 Å². The van der Waals surface area contributed by atoms with E-state index in [1.807, 2.05) is 6.20 Å². The van der Waals surface area contributed by atoms with Crippen molar-refractivity contribution >= 4 is 5.95 Å². The fourth-order valence-corrected chi connectivity index (χ4v) is 3.10. The summed E-state index contributed by atoms with van der Waals surface area (Å²) in [5.74, 6) is 2.08. The van der Waals surface area contributed by atoms with E-state index in [2.05, 4.69) is 21.1 Å². The topological polar surface area (TPSA) is 29.9 Å². The molecule has 1 aromatic heterocycles. The number of anilines is 1. The quantitative estimate of drug-likeness (QED) is 0.842. The summed E-state index contributed by atoms with van der Waals surface area (Å²) in [7, 11) is 0. The molecule has 0 aliphatic heterocycles. The van der Waals surface area contributed by atoms with Crippen LogP contribution in [0.15, 0.2) is 12.4 Å². The Morgan fingerprint density at radius 2 is 2.00 bits per heavy atom. The SMILES string of the molecule is c1cn(C2CCCC2)c(NCCC2CCC2)n1. The first-order chi connectivity index (χ1) is 8.43. The number of aromatic nitrogens is 2. The Morgan fingerprint density at radius 1 is 1.18 bits per heavy atom. The molecular formula is C14H23N3. The molecule has 2 saturated carbocycles. The van der Waals surface area contributed by atoms with Crippen molar-refractivity contribution < 1.29 is 0 Å². The van der Waals surface area contributed by atoms with Crippen LogP contribution in [0, 0.1) is 5.92 Å². The molecule has 17 heavy (non-hydrogen) atoms. The van der Waals surface area contributed by atoms with Crippen molar-refractivity contribution in [2.75, 3.05) is 11.9 Å². The van der Waals surface area contributed by atoms with Crippen LogP contribution >= 0.6 is 0 Å². The Balaban J connectivity index is 1.52. The third kappa shape index (κ3) is 2.48. The fraction of sp³-hybridized carbons (Fsp3) is 0.786. The summed E-state index contributed by atoms with van der Waals surface area (Å²) in [6.45, 7) is 1.09. The van der Waals surface area contributed by atoms with Gasteiger partial charge in [-0.3, -0.25) is 0 Å². The van der Waals surface area contributed by atoms with Crippen molar-refractivity contribution in [3.05, 3.63) is 12.4 Å². The van der Waals surface area contributed by atoms with Crippen LogP contribution in [0.25, 0.3) is 0 Å². The Bertz CT molecular complexity index is 348. The van der Waals surface area contributed by atoms with Crippen LogP contribution in [-0.2, 0) is 0 Å². The predicted octanol–water partition coefficient (Wildman–Crippen LogP) is 3.60. The molecule has 0 saturated heterocycles. The summed E-state index contributed by atoms with van der Waals surface area (Å²) >= 11 is 0. The molecule has 2 aliphatic carbocycles. The molecule has 0 spiro atoms. The van der Waals surface area contributed by atoms with Crippen molar-refractivity contribution in [2.24, 2.45) is 5.92 Å². The minimum Gasteiger partial charge on any atom is -0.356 e. The second kappa shape index (κ2) is 5.11. The molecule has 0 unspecified atom stereocenters. The predicted molar refractivity (Wildman–Crippen MR) is 70.2 cm³/mol. The second-order valence-electron chi connectivity index (χ2n) is 5.61. The van der Waals surface area contributed by atoms with Crippen molar-refractivity contribution in [2.45, 2.75) is 57.4 Å². The van der Waals surface area contributed by atoms with Crippen LogP contribution in [0.2, 0.25) is 0 Å². The largest absolute Gasteiger partial charge is 0.356 e.